The molecule has 2 fully saturated rings. The van der Waals surface area contributed by atoms with Crippen LogP contribution >= 0.6 is 0 Å². The molecule has 1 spiro atoms. The van der Waals surface area contributed by atoms with Crippen molar-refractivity contribution in [1.82, 2.24) is 24.9 Å². The highest BCUT2D eigenvalue weighted by molar-refractivity contribution is 5.93. The number of H-pyrrole nitrogens is 1. The Kier molecular flexibility index (Phi) is 5.15. The van der Waals surface area contributed by atoms with E-state index in [0.29, 0.717) is 28.4 Å². The molecule has 186 valence electrons. The van der Waals surface area contributed by atoms with E-state index in [1.165, 1.54) is 0 Å². The van der Waals surface area contributed by atoms with Crippen LogP contribution in [0.4, 0.5) is 0 Å². The number of amides is 1. The van der Waals surface area contributed by atoms with E-state index in [1.807, 2.05) is 24.3 Å². The fourth-order valence-electron chi connectivity index (χ4n) is 5.79. The highest BCUT2D eigenvalue weighted by atomic mass is 16.5. The maximum atomic E-state index is 13.0. The first-order valence-electron chi connectivity index (χ1n) is 12.3. The molecular formula is C27H29N5O4. The number of carbonyl (C=O) groups is 1. The number of rotatable bonds is 6. The number of aromatic amines is 1. The van der Waals surface area contributed by atoms with Crippen LogP contribution in [0, 0.1) is 5.41 Å². The topological polar surface area (TPSA) is 122 Å². The van der Waals surface area contributed by atoms with Crippen molar-refractivity contribution in [1.29, 1.82) is 0 Å². The van der Waals surface area contributed by atoms with E-state index < -0.39 is 5.60 Å². The van der Waals surface area contributed by atoms with Crippen molar-refractivity contribution >= 4 is 22.3 Å². The summed E-state index contributed by atoms with van der Waals surface area (Å²) in [6, 6.07) is 11.3. The summed E-state index contributed by atoms with van der Waals surface area (Å²) in [6.45, 7) is 3.52. The summed E-state index contributed by atoms with van der Waals surface area (Å²) >= 11 is 0. The maximum Gasteiger partial charge on any atom is 0.272 e. The van der Waals surface area contributed by atoms with Gasteiger partial charge in [0, 0.05) is 29.6 Å². The lowest BCUT2D eigenvalue weighted by molar-refractivity contribution is -0.0197. The van der Waals surface area contributed by atoms with Crippen molar-refractivity contribution in [2.75, 3.05) is 6.61 Å². The first-order chi connectivity index (χ1) is 17.2. The molecule has 0 saturated heterocycles. The molecule has 0 atom stereocenters. The van der Waals surface area contributed by atoms with Gasteiger partial charge < -0.3 is 15.2 Å². The van der Waals surface area contributed by atoms with Crippen molar-refractivity contribution < 1.29 is 14.6 Å². The number of ether oxygens (including phenoxy) is 1. The van der Waals surface area contributed by atoms with E-state index in [4.69, 9.17) is 4.74 Å². The number of hydrogen-bond acceptors (Lipinski definition) is 6. The number of pyridine rings is 1. The molecule has 3 heterocycles. The summed E-state index contributed by atoms with van der Waals surface area (Å²) in [6.07, 6.45) is 7.27. The third-order valence-corrected chi connectivity index (χ3v) is 7.47. The Hall–Kier alpha value is -3.72. The van der Waals surface area contributed by atoms with Gasteiger partial charge in [-0.3, -0.25) is 14.0 Å². The second-order valence-corrected chi connectivity index (χ2v) is 11.0. The largest absolute Gasteiger partial charge is 0.490 e. The molecule has 0 radical (unpaired) electrons. The Morgan fingerprint density at radius 3 is 2.72 bits per heavy atom. The average molecular weight is 488 g/mol. The number of carbonyl (C=O) groups excluding carboxylic acids is 1. The summed E-state index contributed by atoms with van der Waals surface area (Å²) < 4.78 is 7.37. The Morgan fingerprint density at radius 1 is 1.22 bits per heavy atom. The van der Waals surface area contributed by atoms with E-state index in [1.54, 1.807) is 42.8 Å². The summed E-state index contributed by atoms with van der Waals surface area (Å²) in [5.41, 5.74) is 1.22. The van der Waals surface area contributed by atoms with Crippen LogP contribution in [0.3, 0.4) is 0 Å². The van der Waals surface area contributed by atoms with Gasteiger partial charge in [0.2, 0.25) is 0 Å². The summed E-state index contributed by atoms with van der Waals surface area (Å²) in [4.78, 5) is 29.4. The van der Waals surface area contributed by atoms with Gasteiger partial charge in [0.05, 0.1) is 22.9 Å². The molecule has 0 bridgehead atoms. The van der Waals surface area contributed by atoms with Gasteiger partial charge in [-0.05, 0) is 57.1 Å². The molecule has 0 unspecified atom stereocenters. The molecule has 1 aromatic carbocycles. The van der Waals surface area contributed by atoms with Gasteiger partial charge in [-0.2, -0.15) is 5.10 Å². The molecule has 0 aliphatic heterocycles. The third-order valence-electron chi connectivity index (χ3n) is 7.47. The molecule has 2 aliphatic rings. The molecule has 1 amide bonds. The quantitative estimate of drug-likeness (QED) is 0.384. The van der Waals surface area contributed by atoms with Crippen molar-refractivity contribution in [3.8, 4) is 5.75 Å². The Bertz CT molecular complexity index is 1520. The van der Waals surface area contributed by atoms with E-state index in [2.05, 4.69) is 20.5 Å². The first kappa shape index (κ1) is 22.7. The van der Waals surface area contributed by atoms with Gasteiger partial charge >= 0.3 is 0 Å². The summed E-state index contributed by atoms with van der Waals surface area (Å²) in [7, 11) is 0. The zero-order chi connectivity index (χ0) is 25.1. The molecule has 6 rings (SSSR count). The maximum absolute atomic E-state index is 13.0. The molecule has 4 aromatic rings. The average Bonchev–Trinajstić information content (AvgIpc) is 3.22. The molecule has 9 nitrogen and oxygen atoms in total. The number of nitrogens with one attached hydrogen (secondary N) is 2. The number of imidazole rings is 1. The number of aromatic nitrogens is 4. The van der Waals surface area contributed by atoms with Crippen LogP contribution < -0.4 is 15.6 Å². The summed E-state index contributed by atoms with van der Waals surface area (Å²) in [5.74, 6) is 0.777. The van der Waals surface area contributed by atoms with Crippen LogP contribution in [-0.2, 0) is 0 Å². The lowest BCUT2D eigenvalue weighted by Crippen LogP contribution is -2.55. The minimum absolute atomic E-state index is 0.138. The lowest BCUT2D eigenvalue weighted by Gasteiger charge is -2.57. The number of nitrogens with zero attached hydrogens (tertiary/aromatic N) is 3. The molecule has 36 heavy (non-hydrogen) atoms. The van der Waals surface area contributed by atoms with Crippen LogP contribution in [0.2, 0.25) is 0 Å². The predicted molar refractivity (Wildman–Crippen MR) is 134 cm³/mol. The highest BCUT2D eigenvalue weighted by Gasteiger charge is 2.54. The van der Waals surface area contributed by atoms with Crippen LogP contribution in [0.25, 0.3) is 16.4 Å². The summed E-state index contributed by atoms with van der Waals surface area (Å²) in [5, 5.41) is 21.7. The third kappa shape index (κ3) is 4.03. The molecule has 3 N–H and O–H groups in total. The normalized spacial score (nSPS) is 23.4. The van der Waals surface area contributed by atoms with Crippen molar-refractivity contribution in [2.24, 2.45) is 5.41 Å². The van der Waals surface area contributed by atoms with Crippen molar-refractivity contribution in [2.45, 2.75) is 57.1 Å². The number of benzene rings is 1. The molecule has 9 heteroatoms. The minimum Gasteiger partial charge on any atom is -0.490 e. The molecule has 3 aromatic heterocycles. The molecule has 2 saturated carbocycles. The first-order valence-corrected chi connectivity index (χ1v) is 12.3. The van der Waals surface area contributed by atoms with E-state index in [0.717, 1.165) is 36.8 Å². The fourth-order valence-corrected chi connectivity index (χ4v) is 5.79. The van der Waals surface area contributed by atoms with E-state index >= 15 is 0 Å². The van der Waals surface area contributed by atoms with Gasteiger partial charge in [-0.1, -0.05) is 18.2 Å². The fraction of sp³-hybridized carbons (Fsp3) is 0.407. The number of fused-ring (bicyclic) bond motifs is 2. The monoisotopic (exact) mass is 487 g/mol. The van der Waals surface area contributed by atoms with Crippen LogP contribution in [0.5, 0.6) is 5.75 Å². The predicted octanol–water partition coefficient (Wildman–Crippen LogP) is 3.18. The standard InChI is InChI=1S/C27H29N5O4/c1-26(2,35)15-36-18-7-8-32-21(14-28-22(32)9-18)25(34)29-17-12-27(13-17)10-16(11-27)23-19-5-3-4-6-20(19)24(33)31-30-23/h3-9,14,16-17,35H,10-13,15H2,1-2H3,(H,29,34)(H,31,33)/t16-,17-,27?. The second kappa shape index (κ2) is 8.16. The highest BCUT2D eigenvalue weighted by Crippen LogP contribution is 2.62. The second-order valence-electron chi connectivity index (χ2n) is 11.0. The number of hydrogen-bond donors (Lipinski definition) is 3. The SMILES string of the molecule is CC(C)(O)COc1ccn2c(C(=O)N[C@H]3CC4(C3)C[C@H](c3n[nH]c(=O)c5ccccc53)C4)cnc2c1. The molecule has 2 aliphatic carbocycles. The Morgan fingerprint density at radius 2 is 1.97 bits per heavy atom. The van der Waals surface area contributed by atoms with E-state index in [-0.39, 0.29) is 29.5 Å². The zero-order valence-electron chi connectivity index (χ0n) is 20.3. The number of aliphatic hydroxyl groups is 1. The van der Waals surface area contributed by atoms with Crippen molar-refractivity contribution in [3.63, 3.8) is 0 Å². The van der Waals surface area contributed by atoms with Crippen LogP contribution in [-0.4, -0.2) is 48.8 Å². The van der Waals surface area contributed by atoms with Gasteiger partial charge in [-0.15, -0.1) is 0 Å². The lowest BCUT2D eigenvalue weighted by atomic mass is 9.49. The van der Waals surface area contributed by atoms with Gasteiger partial charge in [-0.25, -0.2) is 10.1 Å². The van der Waals surface area contributed by atoms with Gasteiger partial charge in [0.15, 0.2) is 0 Å². The van der Waals surface area contributed by atoms with Gasteiger partial charge in [0.1, 0.15) is 23.7 Å². The zero-order valence-corrected chi connectivity index (χ0v) is 20.3. The Labute approximate surface area is 207 Å². The minimum atomic E-state index is -0.933. The smallest absolute Gasteiger partial charge is 0.272 e. The molecular weight excluding hydrogens is 458 g/mol. The van der Waals surface area contributed by atoms with Crippen LogP contribution in [0.15, 0.2) is 53.6 Å². The Balaban J connectivity index is 1.07. The van der Waals surface area contributed by atoms with Crippen LogP contribution in [0.1, 0.15) is 61.6 Å². The van der Waals surface area contributed by atoms with Crippen molar-refractivity contribution in [3.05, 3.63) is 70.5 Å². The van der Waals surface area contributed by atoms with E-state index in [9.17, 15) is 14.7 Å². The van der Waals surface area contributed by atoms with Gasteiger partial charge in [0.25, 0.3) is 11.5 Å².